The monoisotopic (exact) mass is 499 g/mol. The van der Waals surface area contributed by atoms with Crippen molar-refractivity contribution >= 4 is 36.2 Å². The fourth-order valence-electron chi connectivity index (χ4n) is 3.70. The second-order valence-corrected chi connectivity index (χ2v) is 9.95. The van der Waals surface area contributed by atoms with Gasteiger partial charge in [-0.2, -0.15) is 12.6 Å². The first-order chi connectivity index (χ1) is 16.4. The lowest BCUT2D eigenvalue weighted by Gasteiger charge is -2.31. The van der Waals surface area contributed by atoms with E-state index in [9.17, 15) is 14.4 Å². The number of amides is 3. The molecule has 3 amide bonds. The Bertz CT molecular complexity index is 1030. The number of ether oxygens (including phenoxy) is 1. The molecule has 2 rings (SSSR count). The zero-order valence-electron chi connectivity index (χ0n) is 21.6. The van der Waals surface area contributed by atoms with E-state index in [-0.39, 0.29) is 11.7 Å². The number of thiol groups is 1. The number of hydrogen-bond donors (Lipinski definition) is 3. The van der Waals surface area contributed by atoms with E-state index in [2.05, 4.69) is 30.2 Å². The minimum Gasteiger partial charge on any atom is -0.444 e. The van der Waals surface area contributed by atoms with Crippen LogP contribution in [0.15, 0.2) is 42.5 Å². The summed E-state index contributed by atoms with van der Waals surface area (Å²) in [6.07, 6.45) is 0.137. The van der Waals surface area contributed by atoms with Crippen LogP contribution in [0.4, 0.5) is 10.5 Å². The predicted octanol–water partition coefficient (Wildman–Crippen LogP) is 4.83. The number of aryl methyl sites for hydroxylation is 3. The van der Waals surface area contributed by atoms with Crippen LogP contribution in [0.1, 0.15) is 56.0 Å². The van der Waals surface area contributed by atoms with Crippen molar-refractivity contribution < 1.29 is 19.1 Å². The van der Waals surface area contributed by atoms with Gasteiger partial charge in [0.15, 0.2) is 0 Å². The Morgan fingerprint density at radius 2 is 1.60 bits per heavy atom. The largest absolute Gasteiger partial charge is 0.444 e. The van der Waals surface area contributed by atoms with Crippen molar-refractivity contribution in [1.29, 1.82) is 0 Å². The number of alkyl carbamates (subject to hydrolysis) is 1. The van der Waals surface area contributed by atoms with Crippen molar-refractivity contribution in [2.45, 2.75) is 65.6 Å². The highest BCUT2D eigenvalue weighted by molar-refractivity contribution is 7.80. The molecule has 0 saturated heterocycles. The number of hydrogen-bond acceptors (Lipinski definition) is 5. The van der Waals surface area contributed by atoms with Gasteiger partial charge in [0.2, 0.25) is 5.91 Å². The summed E-state index contributed by atoms with van der Waals surface area (Å²) in [6, 6.07) is 11.5. The predicted molar refractivity (Wildman–Crippen MR) is 143 cm³/mol. The van der Waals surface area contributed by atoms with E-state index in [0.717, 1.165) is 23.1 Å². The Kier molecular flexibility index (Phi) is 9.77. The first kappa shape index (κ1) is 28.2. The van der Waals surface area contributed by atoms with Crippen molar-refractivity contribution in [1.82, 2.24) is 10.2 Å². The second kappa shape index (κ2) is 12.1. The van der Waals surface area contributed by atoms with Crippen molar-refractivity contribution in [2.24, 2.45) is 0 Å². The smallest absolute Gasteiger partial charge is 0.408 e. The minimum absolute atomic E-state index is 0.0441. The van der Waals surface area contributed by atoms with Crippen LogP contribution in [0.25, 0.3) is 0 Å². The summed E-state index contributed by atoms with van der Waals surface area (Å²) in [5, 5.41) is 5.58. The number of carbonyl (C=O) groups excluding carboxylic acids is 3. The molecule has 0 aromatic heterocycles. The van der Waals surface area contributed by atoms with Crippen LogP contribution in [0.3, 0.4) is 0 Å². The number of likely N-dealkylation sites (N-methyl/N-ethyl adjacent to an activating group) is 1. The molecule has 2 aromatic carbocycles. The Labute approximate surface area is 214 Å². The molecule has 0 fully saturated rings. The lowest BCUT2D eigenvalue weighted by molar-refractivity contribution is -0.138. The fraction of sp³-hybridized carbons (Fsp3) is 0.444. The Morgan fingerprint density at radius 1 is 1.03 bits per heavy atom. The minimum atomic E-state index is -0.969. The van der Waals surface area contributed by atoms with Gasteiger partial charge in [0.1, 0.15) is 17.7 Å². The maximum atomic E-state index is 13.6. The lowest BCUT2D eigenvalue weighted by Crippen LogP contribution is -2.52. The second-order valence-electron chi connectivity index (χ2n) is 9.58. The Morgan fingerprint density at radius 3 is 2.09 bits per heavy atom. The summed E-state index contributed by atoms with van der Waals surface area (Å²) in [5.41, 5.74) is 3.63. The van der Waals surface area contributed by atoms with E-state index < -0.39 is 29.7 Å². The van der Waals surface area contributed by atoms with Gasteiger partial charge in [-0.3, -0.25) is 9.59 Å². The van der Waals surface area contributed by atoms with Gasteiger partial charge in [0.05, 0.1) is 0 Å². The molecule has 0 aliphatic heterocycles. The molecule has 2 aromatic rings. The first-order valence-electron chi connectivity index (χ1n) is 11.7. The molecule has 0 saturated carbocycles. The zero-order valence-corrected chi connectivity index (χ0v) is 22.5. The molecule has 2 atom stereocenters. The molecule has 190 valence electrons. The standard InChI is InChI=1S/C27H37N3O4S/c1-8-19-12-14-20(15-13-19)23(24(31)29-22-17(2)10-9-11-18(22)3)30(7)25(32)21(16-35)28-26(33)34-27(4,5)6/h9-15,21,23,35H,8,16H2,1-7H3,(H,28,33)(H,29,31). The molecule has 0 aliphatic rings. The van der Waals surface area contributed by atoms with Gasteiger partial charge in [-0.15, -0.1) is 0 Å². The molecule has 8 heteroatoms. The van der Waals surface area contributed by atoms with Gasteiger partial charge in [-0.1, -0.05) is 49.4 Å². The fourth-order valence-corrected chi connectivity index (χ4v) is 3.95. The zero-order chi connectivity index (χ0) is 26.3. The number of rotatable bonds is 8. The van der Waals surface area contributed by atoms with E-state index in [1.165, 1.54) is 4.90 Å². The average molecular weight is 500 g/mol. The molecule has 0 spiro atoms. The third-order valence-corrected chi connectivity index (χ3v) is 5.95. The molecule has 35 heavy (non-hydrogen) atoms. The number of para-hydroxylation sites is 1. The summed E-state index contributed by atoms with van der Waals surface area (Å²) < 4.78 is 5.29. The van der Waals surface area contributed by atoms with Crippen LogP contribution in [0, 0.1) is 13.8 Å². The molecule has 0 radical (unpaired) electrons. The van der Waals surface area contributed by atoms with E-state index in [1.54, 1.807) is 27.8 Å². The van der Waals surface area contributed by atoms with Crippen LogP contribution < -0.4 is 10.6 Å². The van der Waals surface area contributed by atoms with Crippen molar-refractivity contribution in [2.75, 3.05) is 18.1 Å². The van der Waals surface area contributed by atoms with Gasteiger partial charge < -0.3 is 20.3 Å². The lowest BCUT2D eigenvalue weighted by atomic mass is 10.0. The Hall–Kier alpha value is -3.00. The highest BCUT2D eigenvalue weighted by Crippen LogP contribution is 2.26. The van der Waals surface area contributed by atoms with Gasteiger partial charge >= 0.3 is 6.09 Å². The van der Waals surface area contributed by atoms with Crippen molar-refractivity contribution in [3.8, 4) is 0 Å². The van der Waals surface area contributed by atoms with Crippen LogP contribution in [0.2, 0.25) is 0 Å². The van der Waals surface area contributed by atoms with Crippen molar-refractivity contribution in [3.63, 3.8) is 0 Å². The third kappa shape index (κ3) is 7.75. The van der Waals surface area contributed by atoms with E-state index in [0.29, 0.717) is 11.3 Å². The topological polar surface area (TPSA) is 87.7 Å². The quantitative estimate of drug-likeness (QED) is 0.454. The van der Waals surface area contributed by atoms with Gasteiger partial charge in [-0.25, -0.2) is 4.79 Å². The number of benzene rings is 2. The highest BCUT2D eigenvalue weighted by atomic mass is 32.1. The molecule has 0 heterocycles. The SMILES string of the molecule is CCc1ccc(C(C(=O)Nc2c(C)cccc2C)N(C)C(=O)C(CS)NC(=O)OC(C)(C)C)cc1. The summed E-state index contributed by atoms with van der Waals surface area (Å²) in [7, 11) is 1.55. The van der Waals surface area contributed by atoms with E-state index in [1.807, 2.05) is 56.3 Å². The summed E-state index contributed by atoms with van der Waals surface area (Å²) >= 11 is 4.26. The van der Waals surface area contributed by atoms with Crippen LogP contribution in [0.5, 0.6) is 0 Å². The molecule has 0 aliphatic carbocycles. The summed E-state index contributed by atoms with van der Waals surface area (Å²) in [4.78, 5) is 40.7. The highest BCUT2D eigenvalue weighted by Gasteiger charge is 2.34. The number of nitrogens with one attached hydrogen (secondary N) is 2. The van der Waals surface area contributed by atoms with Crippen LogP contribution in [-0.4, -0.2) is 47.3 Å². The Balaban J connectivity index is 2.37. The summed E-state index contributed by atoms with van der Waals surface area (Å²) in [6.45, 7) is 11.1. The van der Waals surface area contributed by atoms with E-state index in [4.69, 9.17) is 4.74 Å². The van der Waals surface area contributed by atoms with Gasteiger partial charge in [0.25, 0.3) is 5.91 Å². The van der Waals surface area contributed by atoms with Crippen LogP contribution >= 0.6 is 12.6 Å². The average Bonchev–Trinajstić information content (AvgIpc) is 2.79. The van der Waals surface area contributed by atoms with Gasteiger partial charge in [0, 0.05) is 18.5 Å². The molecule has 2 N–H and O–H groups in total. The molecule has 0 bridgehead atoms. The van der Waals surface area contributed by atoms with Crippen LogP contribution in [-0.2, 0) is 20.7 Å². The maximum Gasteiger partial charge on any atom is 0.408 e. The maximum absolute atomic E-state index is 13.6. The third-order valence-electron chi connectivity index (χ3n) is 5.59. The van der Waals surface area contributed by atoms with Crippen molar-refractivity contribution in [3.05, 3.63) is 64.7 Å². The number of anilines is 1. The molecular weight excluding hydrogens is 462 g/mol. The molecule has 7 nitrogen and oxygen atoms in total. The normalized spacial score (nSPS) is 12.9. The molecule has 2 unspecified atom stereocenters. The first-order valence-corrected chi connectivity index (χ1v) is 12.3. The van der Waals surface area contributed by atoms with E-state index >= 15 is 0 Å². The number of carbonyl (C=O) groups is 3. The number of nitrogens with zero attached hydrogens (tertiary/aromatic N) is 1. The molecular formula is C27H37N3O4S. The van der Waals surface area contributed by atoms with Gasteiger partial charge in [-0.05, 0) is 63.3 Å². The summed E-state index contributed by atoms with van der Waals surface area (Å²) in [5.74, 6) is -0.757.